The van der Waals surface area contributed by atoms with E-state index >= 15 is 0 Å². The molecule has 41 heavy (non-hydrogen) atoms. The number of nitrogens with one attached hydrogen (secondary N) is 2. The number of anilines is 3. The monoisotopic (exact) mass is 561 g/mol. The van der Waals surface area contributed by atoms with Gasteiger partial charge in [-0.15, -0.1) is 0 Å². The quantitative estimate of drug-likeness (QED) is 0.212. The van der Waals surface area contributed by atoms with Crippen LogP contribution >= 0.6 is 0 Å². The van der Waals surface area contributed by atoms with E-state index in [1.807, 2.05) is 0 Å². The number of hydrogen-bond acceptors (Lipinski definition) is 9. The number of likely N-dealkylation sites (N-methyl/N-ethyl adjacent to an activating group) is 1. The topological polar surface area (TPSA) is 145 Å². The number of aromatic nitrogens is 3. The molecular weight excluding hydrogens is 526 g/mol. The van der Waals surface area contributed by atoms with Gasteiger partial charge in [-0.1, -0.05) is 26.0 Å². The number of amides is 2. The number of nitrogen functional groups attached to an aromatic ring is 1. The molecule has 0 saturated heterocycles. The van der Waals surface area contributed by atoms with Crippen LogP contribution in [0.1, 0.15) is 31.1 Å². The smallest absolute Gasteiger partial charge is 0.340 e. The molecule has 0 aliphatic carbocycles. The van der Waals surface area contributed by atoms with Gasteiger partial charge in [-0.05, 0) is 49.8 Å². The lowest BCUT2D eigenvalue weighted by molar-refractivity contribution is 0.0527. The molecule has 0 radical (unpaired) electrons. The van der Waals surface area contributed by atoms with E-state index in [2.05, 4.69) is 39.5 Å². The van der Waals surface area contributed by atoms with E-state index in [-0.39, 0.29) is 12.4 Å². The predicted octanol–water partition coefficient (Wildman–Crippen LogP) is 4.53. The van der Waals surface area contributed by atoms with E-state index in [9.17, 15) is 9.59 Å². The standard InChI is InChI=1S/C29H35N7O5/c1-5-35(6-2)14-15-41-24-16-21(12-13-23(24)39-4)34-29(38)33-20-10-8-19(9-11-20)25-22(28(37)40-7-3)17-36-26(25)27(30)31-18-32-36/h8-13,16-18H,5-7,14-15H2,1-4H3,(H2,30,31,32)(H2,33,34,38). The summed E-state index contributed by atoms with van der Waals surface area (Å²) in [6, 6.07) is 11.8. The van der Waals surface area contributed by atoms with Crippen LogP contribution in [-0.2, 0) is 4.74 Å². The molecule has 0 aliphatic rings. The number of esters is 1. The van der Waals surface area contributed by atoms with Crippen molar-refractivity contribution in [3.05, 3.63) is 60.6 Å². The van der Waals surface area contributed by atoms with Crippen LogP contribution in [-0.4, -0.2) is 71.5 Å². The normalized spacial score (nSPS) is 11.0. The highest BCUT2D eigenvalue weighted by Gasteiger charge is 2.22. The Morgan fingerprint density at radius 2 is 1.71 bits per heavy atom. The number of nitrogens with two attached hydrogens (primary N) is 1. The largest absolute Gasteiger partial charge is 0.493 e. The number of hydrogen-bond donors (Lipinski definition) is 3. The van der Waals surface area contributed by atoms with Crippen LogP contribution in [0.4, 0.5) is 22.0 Å². The van der Waals surface area contributed by atoms with E-state index in [1.165, 1.54) is 10.8 Å². The SMILES string of the molecule is CCOC(=O)c1cn2ncnc(N)c2c1-c1ccc(NC(=O)Nc2ccc(OC)c(OCCN(CC)CC)c2)cc1. The fraction of sp³-hybridized carbons (Fsp3) is 0.310. The molecule has 2 aromatic carbocycles. The molecular formula is C29H35N7O5. The molecule has 0 fully saturated rings. The Morgan fingerprint density at radius 3 is 2.39 bits per heavy atom. The Labute approximate surface area is 238 Å². The van der Waals surface area contributed by atoms with Crippen molar-refractivity contribution in [1.82, 2.24) is 19.5 Å². The highest BCUT2D eigenvalue weighted by molar-refractivity contribution is 6.05. The van der Waals surface area contributed by atoms with Gasteiger partial charge in [0.05, 0.1) is 19.3 Å². The van der Waals surface area contributed by atoms with Gasteiger partial charge in [-0.2, -0.15) is 5.10 Å². The summed E-state index contributed by atoms with van der Waals surface area (Å²) in [6.07, 6.45) is 2.88. The van der Waals surface area contributed by atoms with Gasteiger partial charge in [0.1, 0.15) is 18.5 Å². The first-order valence-electron chi connectivity index (χ1n) is 13.4. The van der Waals surface area contributed by atoms with Crippen molar-refractivity contribution >= 4 is 34.7 Å². The first-order valence-corrected chi connectivity index (χ1v) is 13.4. The third kappa shape index (κ3) is 6.84. The number of carbonyl (C=O) groups is 2. The molecule has 4 N–H and O–H groups in total. The summed E-state index contributed by atoms with van der Waals surface area (Å²) in [4.78, 5) is 31.8. The van der Waals surface area contributed by atoms with Crippen molar-refractivity contribution < 1.29 is 23.8 Å². The Bertz CT molecular complexity index is 1500. The predicted molar refractivity (Wildman–Crippen MR) is 158 cm³/mol. The fourth-order valence-corrected chi connectivity index (χ4v) is 4.40. The maximum absolute atomic E-state index is 12.8. The third-order valence-electron chi connectivity index (χ3n) is 6.51. The van der Waals surface area contributed by atoms with Crippen LogP contribution < -0.4 is 25.8 Å². The Morgan fingerprint density at radius 1 is 1.00 bits per heavy atom. The number of nitrogens with zero attached hydrogens (tertiary/aromatic N) is 4. The highest BCUT2D eigenvalue weighted by atomic mass is 16.5. The summed E-state index contributed by atoms with van der Waals surface area (Å²) in [6.45, 7) is 9.33. The molecule has 12 nitrogen and oxygen atoms in total. The Balaban J connectivity index is 1.48. The number of benzene rings is 2. The maximum Gasteiger partial charge on any atom is 0.340 e. The van der Waals surface area contributed by atoms with Gasteiger partial charge in [0.15, 0.2) is 17.3 Å². The molecule has 12 heteroatoms. The van der Waals surface area contributed by atoms with E-state index in [0.29, 0.717) is 51.7 Å². The van der Waals surface area contributed by atoms with Crippen molar-refractivity contribution in [3.8, 4) is 22.6 Å². The van der Waals surface area contributed by atoms with Gasteiger partial charge in [0.25, 0.3) is 0 Å². The molecule has 2 amide bonds. The van der Waals surface area contributed by atoms with Crippen LogP contribution in [0.3, 0.4) is 0 Å². The van der Waals surface area contributed by atoms with Crippen LogP contribution in [0.25, 0.3) is 16.6 Å². The number of methoxy groups -OCH3 is 1. The minimum atomic E-state index is -0.495. The lowest BCUT2D eigenvalue weighted by atomic mass is 10.0. The number of carbonyl (C=O) groups excluding carboxylic acids is 2. The van der Waals surface area contributed by atoms with Crippen LogP contribution in [0.5, 0.6) is 11.5 Å². The van der Waals surface area contributed by atoms with Gasteiger partial charge >= 0.3 is 12.0 Å². The minimum absolute atomic E-state index is 0.224. The summed E-state index contributed by atoms with van der Waals surface area (Å²) in [5, 5.41) is 9.81. The molecule has 0 aliphatic heterocycles. The van der Waals surface area contributed by atoms with Crippen molar-refractivity contribution in [2.24, 2.45) is 0 Å². The van der Waals surface area contributed by atoms with Crippen molar-refractivity contribution in [2.75, 3.05) is 56.3 Å². The maximum atomic E-state index is 12.8. The van der Waals surface area contributed by atoms with Crippen LogP contribution in [0.2, 0.25) is 0 Å². The minimum Gasteiger partial charge on any atom is -0.493 e. The average molecular weight is 562 g/mol. The molecule has 4 rings (SSSR count). The molecule has 0 atom stereocenters. The Hall–Kier alpha value is -4.84. The van der Waals surface area contributed by atoms with Crippen molar-refractivity contribution in [3.63, 3.8) is 0 Å². The van der Waals surface area contributed by atoms with E-state index in [4.69, 9.17) is 19.9 Å². The first kappa shape index (κ1) is 29.2. The summed E-state index contributed by atoms with van der Waals surface area (Å²) in [7, 11) is 1.57. The molecule has 2 heterocycles. The molecule has 0 unspecified atom stereocenters. The number of fused-ring (bicyclic) bond motifs is 1. The summed E-state index contributed by atoms with van der Waals surface area (Å²) in [5.74, 6) is 0.854. The van der Waals surface area contributed by atoms with Crippen LogP contribution in [0.15, 0.2) is 55.0 Å². The number of urea groups is 1. The Kier molecular flexibility index (Phi) is 9.59. The number of ether oxygens (including phenoxy) is 3. The third-order valence-corrected chi connectivity index (χ3v) is 6.51. The van der Waals surface area contributed by atoms with Gasteiger partial charge < -0.3 is 35.5 Å². The molecule has 0 bridgehead atoms. The zero-order valence-electron chi connectivity index (χ0n) is 23.6. The fourth-order valence-electron chi connectivity index (χ4n) is 4.40. The first-order chi connectivity index (χ1) is 19.9. The molecule has 2 aromatic heterocycles. The van der Waals surface area contributed by atoms with Gasteiger partial charge in [-0.25, -0.2) is 19.1 Å². The molecule has 4 aromatic rings. The average Bonchev–Trinajstić information content (AvgIpc) is 3.37. The van der Waals surface area contributed by atoms with Crippen molar-refractivity contribution in [2.45, 2.75) is 20.8 Å². The molecule has 216 valence electrons. The molecule has 0 saturated carbocycles. The summed E-state index contributed by atoms with van der Waals surface area (Å²) < 4.78 is 18.1. The van der Waals surface area contributed by atoms with Crippen LogP contribution in [0, 0.1) is 0 Å². The highest BCUT2D eigenvalue weighted by Crippen LogP contribution is 2.34. The van der Waals surface area contributed by atoms with E-state index in [0.717, 1.165) is 19.6 Å². The van der Waals surface area contributed by atoms with Gasteiger partial charge in [0, 0.05) is 35.7 Å². The zero-order chi connectivity index (χ0) is 29.4. The lowest BCUT2D eigenvalue weighted by Gasteiger charge is -2.19. The summed E-state index contributed by atoms with van der Waals surface area (Å²) in [5.41, 5.74) is 9.25. The lowest BCUT2D eigenvalue weighted by Crippen LogP contribution is -2.28. The summed E-state index contributed by atoms with van der Waals surface area (Å²) >= 11 is 0. The van der Waals surface area contributed by atoms with E-state index < -0.39 is 12.0 Å². The van der Waals surface area contributed by atoms with Gasteiger partial charge in [0.2, 0.25) is 0 Å². The van der Waals surface area contributed by atoms with Gasteiger partial charge in [-0.3, -0.25) is 0 Å². The number of rotatable bonds is 12. The second-order valence-corrected chi connectivity index (χ2v) is 8.97. The second kappa shape index (κ2) is 13.5. The van der Waals surface area contributed by atoms with E-state index in [1.54, 1.807) is 62.7 Å². The molecule has 0 spiro atoms. The second-order valence-electron chi connectivity index (χ2n) is 8.97. The van der Waals surface area contributed by atoms with Crippen molar-refractivity contribution in [1.29, 1.82) is 0 Å². The zero-order valence-corrected chi connectivity index (χ0v) is 23.6.